The van der Waals surface area contributed by atoms with Gasteiger partial charge in [0, 0.05) is 11.1 Å². The van der Waals surface area contributed by atoms with E-state index in [0.717, 1.165) is 16.7 Å². The average molecular weight is 535 g/mol. The van der Waals surface area contributed by atoms with Gasteiger partial charge in [0.05, 0.1) is 11.8 Å². The summed E-state index contributed by atoms with van der Waals surface area (Å²) in [7, 11) is 0. The molecular weight excluding hydrogens is 500 g/mol. The molecule has 1 N–H and O–H groups in total. The van der Waals surface area contributed by atoms with E-state index in [9.17, 15) is 9.59 Å². The lowest BCUT2D eigenvalue weighted by atomic mass is 9.97. The van der Waals surface area contributed by atoms with Crippen LogP contribution in [-0.4, -0.2) is 29.4 Å². The summed E-state index contributed by atoms with van der Waals surface area (Å²) < 4.78 is 11.4. The van der Waals surface area contributed by atoms with Crippen LogP contribution in [0.2, 0.25) is 0 Å². The number of hydrogen-bond donors (Lipinski definition) is 1. The number of amides is 1. The monoisotopic (exact) mass is 534 g/mol. The predicted molar refractivity (Wildman–Crippen MR) is 157 cm³/mol. The second-order valence-corrected chi connectivity index (χ2v) is 10.3. The van der Waals surface area contributed by atoms with Gasteiger partial charge in [-0.3, -0.25) is 4.99 Å². The average Bonchev–Trinajstić information content (AvgIpc) is 2.96. The molecule has 4 aromatic carbocycles. The first-order valence-corrected chi connectivity index (χ1v) is 13.2. The number of esters is 1. The van der Waals surface area contributed by atoms with E-state index in [4.69, 9.17) is 14.5 Å². The molecule has 0 fully saturated rings. The minimum atomic E-state index is -1.12. The first-order chi connectivity index (χ1) is 19.3. The number of alkyl carbamates (subject to hydrolysis) is 1. The second kappa shape index (κ2) is 13.4. The molecule has 0 aliphatic heterocycles. The van der Waals surface area contributed by atoms with E-state index in [1.165, 1.54) is 0 Å². The molecule has 2 atom stereocenters. The normalized spacial score (nSPS) is 12.5. The number of benzene rings is 4. The van der Waals surface area contributed by atoms with Gasteiger partial charge in [-0.05, 0) is 31.9 Å². The number of rotatable bonds is 9. The van der Waals surface area contributed by atoms with Crippen molar-refractivity contribution in [3.05, 3.63) is 144 Å². The van der Waals surface area contributed by atoms with E-state index in [-0.39, 0.29) is 6.61 Å². The minimum Gasteiger partial charge on any atom is -0.459 e. The van der Waals surface area contributed by atoms with Crippen LogP contribution in [0, 0.1) is 0 Å². The van der Waals surface area contributed by atoms with Crippen molar-refractivity contribution in [2.24, 2.45) is 4.99 Å². The third-order valence-electron chi connectivity index (χ3n) is 5.97. The van der Waals surface area contributed by atoms with Crippen LogP contribution in [0.4, 0.5) is 4.79 Å². The highest BCUT2D eigenvalue weighted by atomic mass is 16.6. The number of ether oxygens (including phenoxy) is 2. The zero-order valence-electron chi connectivity index (χ0n) is 23.0. The molecule has 6 heteroatoms. The lowest BCUT2D eigenvalue weighted by molar-refractivity contribution is -0.147. The Balaban J connectivity index is 1.81. The van der Waals surface area contributed by atoms with E-state index in [1.807, 2.05) is 121 Å². The second-order valence-electron chi connectivity index (χ2n) is 10.3. The van der Waals surface area contributed by atoms with Crippen LogP contribution in [0.25, 0.3) is 0 Å². The molecule has 0 radical (unpaired) electrons. The van der Waals surface area contributed by atoms with Gasteiger partial charge in [-0.25, -0.2) is 9.59 Å². The zero-order valence-corrected chi connectivity index (χ0v) is 23.0. The number of nitrogens with zero attached hydrogens (tertiary/aromatic N) is 1. The lowest BCUT2D eigenvalue weighted by Gasteiger charge is -2.27. The number of carbonyl (C=O) groups excluding carboxylic acids is 2. The van der Waals surface area contributed by atoms with E-state index < -0.39 is 29.7 Å². The Morgan fingerprint density at radius 3 is 1.70 bits per heavy atom. The first-order valence-electron chi connectivity index (χ1n) is 13.2. The summed E-state index contributed by atoms with van der Waals surface area (Å²) in [5, 5.41) is 2.91. The number of hydrogen-bond acceptors (Lipinski definition) is 5. The summed E-state index contributed by atoms with van der Waals surface area (Å²) in [6, 6.07) is 36.0. The number of aliphatic imine (C=N–C) groups is 1. The van der Waals surface area contributed by atoms with Crippen LogP contribution in [0.3, 0.4) is 0 Å². The van der Waals surface area contributed by atoms with Gasteiger partial charge in [0.2, 0.25) is 0 Å². The summed E-state index contributed by atoms with van der Waals surface area (Å²) >= 11 is 0. The Morgan fingerprint density at radius 2 is 1.20 bits per heavy atom. The minimum absolute atomic E-state index is 0.0750. The van der Waals surface area contributed by atoms with Gasteiger partial charge in [0.25, 0.3) is 0 Å². The molecule has 204 valence electrons. The van der Waals surface area contributed by atoms with Crippen molar-refractivity contribution < 1.29 is 19.1 Å². The zero-order chi connectivity index (χ0) is 28.4. The van der Waals surface area contributed by atoms with Crippen molar-refractivity contribution in [3.63, 3.8) is 0 Å². The largest absolute Gasteiger partial charge is 0.459 e. The van der Waals surface area contributed by atoms with E-state index in [0.29, 0.717) is 11.3 Å². The highest BCUT2D eigenvalue weighted by molar-refractivity contribution is 6.13. The van der Waals surface area contributed by atoms with E-state index >= 15 is 0 Å². The van der Waals surface area contributed by atoms with Crippen LogP contribution in [0.15, 0.2) is 126 Å². The van der Waals surface area contributed by atoms with Crippen molar-refractivity contribution in [1.29, 1.82) is 0 Å². The Bertz CT molecular complexity index is 1360. The summed E-state index contributed by atoms with van der Waals surface area (Å²) in [6.07, 6.45) is -0.654. The standard InChI is InChI=1S/C34H34N2O4/c1-34(2,3)40-33(38)36-30(28-22-14-7-15-23-28)31(32(37)39-24-25-16-8-4-9-17-25)35-29(26-18-10-5-11-19-26)27-20-12-6-13-21-27/h4-23,30-31H,24H2,1-3H3,(H,36,38). The van der Waals surface area contributed by atoms with Gasteiger partial charge in [-0.15, -0.1) is 0 Å². The molecule has 0 aliphatic carbocycles. The summed E-state index contributed by atoms with van der Waals surface area (Å²) in [5.74, 6) is -0.571. The van der Waals surface area contributed by atoms with Crippen molar-refractivity contribution in [1.82, 2.24) is 5.32 Å². The molecule has 4 aromatic rings. The van der Waals surface area contributed by atoms with Crippen molar-refractivity contribution in [2.45, 2.75) is 45.1 Å². The van der Waals surface area contributed by atoms with Gasteiger partial charge in [-0.1, -0.05) is 121 Å². The summed E-state index contributed by atoms with van der Waals surface area (Å²) in [5.41, 5.74) is 3.09. The maximum atomic E-state index is 13.9. The highest BCUT2D eigenvalue weighted by Gasteiger charge is 2.34. The Labute approximate surface area is 235 Å². The highest BCUT2D eigenvalue weighted by Crippen LogP contribution is 2.25. The van der Waals surface area contributed by atoms with Gasteiger partial charge < -0.3 is 14.8 Å². The van der Waals surface area contributed by atoms with Gasteiger partial charge in [-0.2, -0.15) is 0 Å². The summed E-state index contributed by atoms with van der Waals surface area (Å²) in [4.78, 5) is 31.9. The molecule has 0 spiro atoms. The Hall–Kier alpha value is -4.71. The third-order valence-corrected chi connectivity index (χ3v) is 5.97. The first kappa shape index (κ1) is 28.3. The summed E-state index contributed by atoms with van der Waals surface area (Å²) in [6.45, 7) is 5.44. The van der Waals surface area contributed by atoms with Gasteiger partial charge >= 0.3 is 12.1 Å². The van der Waals surface area contributed by atoms with Crippen molar-refractivity contribution in [3.8, 4) is 0 Å². The molecular formula is C34H34N2O4. The fraction of sp³-hybridized carbons (Fsp3) is 0.206. The van der Waals surface area contributed by atoms with Gasteiger partial charge in [0.15, 0.2) is 6.04 Å². The molecule has 40 heavy (non-hydrogen) atoms. The maximum absolute atomic E-state index is 13.9. The fourth-order valence-corrected chi connectivity index (χ4v) is 4.16. The lowest BCUT2D eigenvalue weighted by Crippen LogP contribution is -2.43. The number of carbonyl (C=O) groups is 2. The van der Waals surface area contributed by atoms with Crippen LogP contribution in [0.5, 0.6) is 0 Å². The van der Waals surface area contributed by atoms with Crippen LogP contribution < -0.4 is 5.32 Å². The third kappa shape index (κ3) is 8.14. The maximum Gasteiger partial charge on any atom is 0.408 e. The molecule has 0 saturated heterocycles. The van der Waals surface area contributed by atoms with Gasteiger partial charge in [0.1, 0.15) is 12.2 Å². The fourth-order valence-electron chi connectivity index (χ4n) is 4.16. The number of nitrogens with one attached hydrogen (secondary N) is 1. The molecule has 0 aromatic heterocycles. The smallest absolute Gasteiger partial charge is 0.408 e. The topological polar surface area (TPSA) is 77.0 Å². The van der Waals surface area contributed by atoms with Crippen LogP contribution in [0.1, 0.15) is 49.1 Å². The Morgan fingerprint density at radius 1 is 0.725 bits per heavy atom. The molecule has 6 nitrogen and oxygen atoms in total. The molecule has 4 rings (SSSR count). The van der Waals surface area contributed by atoms with Crippen LogP contribution in [-0.2, 0) is 20.9 Å². The molecule has 1 amide bonds. The predicted octanol–water partition coefficient (Wildman–Crippen LogP) is 6.90. The molecule has 0 heterocycles. The molecule has 0 aliphatic rings. The van der Waals surface area contributed by atoms with E-state index in [2.05, 4.69) is 5.32 Å². The molecule has 2 unspecified atom stereocenters. The van der Waals surface area contributed by atoms with E-state index in [1.54, 1.807) is 20.8 Å². The quantitative estimate of drug-likeness (QED) is 0.187. The van der Waals surface area contributed by atoms with Crippen LogP contribution >= 0.6 is 0 Å². The SMILES string of the molecule is CC(C)(C)OC(=O)NC(c1ccccc1)C(N=C(c1ccccc1)c1ccccc1)C(=O)OCc1ccccc1. The van der Waals surface area contributed by atoms with Crippen molar-refractivity contribution >= 4 is 17.8 Å². The Kier molecular flexibility index (Phi) is 9.47. The molecule has 0 bridgehead atoms. The van der Waals surface area contributed by atoms with Crippen molar-refractivity contribution in [2.75, 3.05) is 0 Å². The molecule has 0 saturated carbocycles.